The molecule has 1 rings (SSSR count). The van der Waals surface area contributed by atoms with Gasteiger partial charge in [0.25, 0.3) is 0 Å². The molecule has 0 aromatic heterocycles. The molecule has 0 aliphatic carbocycles. The van der Waals surface area contributed by atoms with Gasteiger partial charge in [-0.15, -0.1) is 0 Å². The summed E-state index contributed by atoms with van der Waals surface area (Å²) in [5, 5.41) is 0. The van der Waals surface area contributed by atoms with Crippen molar-refractivity contribution in [1.82, 2.24) is 0 Å². The monoisotopic (exact) mass is 239 g/mol. The summed E-state index contributed by atoms with van der Waals surface area (Å²) in [6, 6.07) is 4.85. The maximum absolute atomic E-state index is 13.5. The molecule has 0 spiro atoms. The predicted molar refractivity (Wildman–Crippen MR) is 68.6 cm³/mol. The van der Waals surface area contributed by atoms with Gasteiger partial charge >= 0.3 is 0 Å². The molecule has 0 radical (unpaired) electrons. The molecule has 17 heavy (non-hydrogen) atoms. The first-order valence-electron chi connectivity index (χ1n) is 6.19. The standard InChI is InChI=1S/C14H22FNO/c1-4-5-6-10(2)14(16)11-7-8-13(17-3)12(15)9-11/h7-10,14H,4-6,16H2,1-3H3. The first-order valence-corrected chi connectivity index (χ1v) is 6.19. The van der Waals surface area contributed by atoms with Crippen molar-refractivity contribution >= 4 is 0 Å². The van der Waals surface area contributed by atoms with Gasteiger partial charge in [0.15, 0.2) is 11.6 Å². The Balaban J connectivity index is 2.74. The SMILES string of the molecule is CCCCC(C)C(N)c1ccc(OC)c(F)c1. The topological polar surface area (TPSA) is 35.2 Å². The third-order valence-corrected chi connectivity index (χ3v) is 3.19. The molecular weight excluding hydrogens is 217 g/mol. The fourth-order valence-corrected chi connectivity index (χ4v) is 1.92. The van der Waals surface area contributed by atoms with E-state index >= 15 is 0 Å². The van der Waals surface area contributed by atoms with Gasteiger partial charge < -0.3 is 10.5 Å². The molecule has 0 amide bonds. The predicted octanol–water partition coefficient (Wildman–Crippen LogP) is 3.66. The summed E-state index contributed by atoms with van der Waals surface area (Å²) in [7, 11) is 1.46. The molecule has 1 aromatic rings. The number of rotatable bonds is 6. The van der Waals surface area contributed by atoms with Crippen molar-refractivity contribution in [1.29, 1.82) is 0 Å². The van der Waals surface area contributed by atoms with E-state index in [0.29, 0.717) is 5.92 Å². The summed E-state index contributed by atoms with van der Waals surface area (Å²) in [6.45, 7) is 4.27. The molecule has 0 aliphatic rings. The van der Waals surface area contributed by atoms with Gasteiger partial charge in [-0.3, -0.25) is 0 Å². The molecule has 3 heteroatoms. The summed E-state index contributed by atoms with van der Waals surface area (Å²) >= 11 is 0. The van der Waals surface area contributed by atoms with Crippen molar-refractivity contribution in [3.63, 3.8) is 0 Å². The number of hydrogen-bond donors (Lipinski definition) is 1. The number of unbranched alkanes of at least 4 members (excludes halogenated alkanes) is 1. The highest BCUT2D eigenvalue weighted by molar-refractivity contribution is 5.31. The van der Waals surface area contributed by atoms with E-state index in [1.54, 1.807) is 6.07 Å². The van der Waals surface area contributed by atoms with Crippen LogP contribution in [0, 0.1) is 11.7 Å². The number of methoxy groups -OCH3 is 1. The van der Waals surface area contributed by atoms with E-state index in [1.165, 1.54) is 13.2 Å². The maximum Gasteiger partial charge on any atom is 0.165 e. The molecule has 2 nitrogen and oxygen atoms in total. The number of nitrogens with two attached hydrogens (primary N) is 1. The zero-order valence-electron chi connectivity index (χ0n) is 10.9. The van der Waals surface area contributed by atoms with Crippen molar-refractivity contribution in [2.24, 2.45) is 11.7 Å². The van der Waals surface area contributed by atoms with Crippen molar-refractivity contribution in [2.45, 2.75) is 39.2 Å². The van der Waals surface area contributed by atoms with Crippen LogP contribution in [0.25, 0.3) is 0 Å². The van der Waals surface area contributed by atoms with Crippen LogP contribution in [0.1, 0.15) is 44.7 Å². The smallest absolute Gasteiger partial charge is 0.165 e. The molecule has 2 N–H and O–H groups in total. The molecule has 0 heterocycles. The van der Waals surface area contributed by atoms with Gasteiger partial charge in [-0.05, 0) is 30.0 Å². The molecule has 0 fully saturated rings. The Morgan fingerprint density at radius 2 is 2.12 bits per heavy atom. The molecule has 1 aromatic carbocycles. The molecule has 0 bridgehead atoms. The van der Waals surface area contributed by atoms with Crippen molar-refractivity contribution in [2.75, 3.05) is 7.11 Å². The van der Waals surface area contributed by atoms with Crippen LogP contribution < -0.4 is 10.5 Å². The maximum atomic E-state index is 13.5. The van der Waals surface area contributed by atoms with Crippen molar-refractivity contribution in [3.05, 3.63) is 29.6 Å². The summed E-state index contributed by atoms with van der Waals surface area (Å²) < 4.78 is 18.4. The minimum absolute atomic E-state index is 0.109. The number of hydrogen-bond acceptors (Lipinski definition) is 2. The second kappa shape index (κ2) is 6.60. The first kappa shape index (κ1) is 14.0. The van der Waals surface area contributed by atoms with Crippen LogP contribution in [0.3, 0.4) is 0 Å². The van der Waals surface area contributed by atoms with Gasteiger partial charge in [0.05, 0.1) is 7.11 Å². The van der Waals surface area contributed by atoms with Crippen molar-refractivity contribution < 1.29 is 9.13 Å². The van der Waals surface area contributed by atoms with Gasteiger partial charge in [-0.1, -0.05) is 32.8 Å². The van der Waals surface area contributed by atoms with E-state index in [-0.39, 0.29) is 17.6 Å². The first-order chi connectivity index (χ1) is 8.10. The third kappa shape index (κ3) is 3.70. The van der Waals surface area contributed by atoms with E-state index in [1.807, 2.05) is 6.07 Å². The van der Waals surface area contributed by atoms with E-state index in [4.69, 9.17) is 10.5 Å². The highest BCUT2D eigenvalue weighted by Crippen LogP contribution is 2.27. The highest BCUT2D eigenvalue weighted by Gasteiger charge is 2.16. The zero-order valence-corrected chi connectivity index (χ0v) is 10.9. The minimum Gasteiger partial charge on any atom is -0.494 e. The summed E-state index contributed by atoms with van der Waals surface area (Å²) in [6.07, 6.45) is 3.40. The summed E-state index contributed by atoms with van der Waals surface area (Å²) in [5.74, 6) is 0.285. The minimum atomic E-state index is -0.344. The van der Waals surface area contributed by atoms with E-state index in [0.717, 1.165) is 24.8 Å². The van der Waals surface area contributed by atoms with Gasteiger partial charge in [0.1, 0.15) is 0 Å². The fourth-order valence-electron chi connectivity index (χ4n) is 1.92. The lowest BCUT2D eigenvalue weighted by molar-refractivity contribution is 0.383. The molecule has 0 aliphatic heterocycles. The summed E-state index contributed by atoms with van der Waals surface area (Å²) in [4.78, 5) is 0. The van der Waals surface area contributed by atoms with E-state index < -0.39 is 0 Å². The fraction of sp³-hybridized carbons (Fsp3) is 0.571. The molecular formula is C14H22FNO. The van der Waals surface area contributed by atoms with Gasteiger partial charge in [0, 0.05) is 6.04 Å². The lowest BCUT2D eigenvalue weighted by Crippen LogP contribution is -2.19. The second-order valence-corrected chi connectivity index (χ2v) is 4.54. The average Bonchev–Trinajstić information content (AvgIpc) is 2.34. The molecule has 0 saturated carbocycles. The highest BCUT2D eigenvalue weighted by atomic mass is 19.1. The quantitative estimate of drug-likeness (QED) is 0.822. The molecule has 2 atom stereocenters. The van der Waals surface area contributed by atoms with E-state index in [9.17, 15) is 4.39 Å². The number of halogens is 1. The largest absolute Gasteiger partial charge is 0.494 e. The van der Waals surface area contributed by atoms with Crippen LogP contribution >= 0.6 is 0 Å². The van der Waals surface area contributed by atoms with E-state index in [2.05, 4.69) is 13.8 Å². The van der Waals surface area contributed by atoms with Crippen LogP contribution in [-0.4, -0.2) is 7.11 Å². The third-order valence-electron chi connectivity index (χ3n) is 3.19. The Labute approximate surface area is 103 Å². The van der Waals surface area contributed by atoms with Crippen LogP contribution in [0.2, 0.25) is 0 Å². The average molecular weight is 239 g/mol. The summed E-state index contributed by atoms with van der Waals surface area (Å²) in [5.41, 5.74) is 6.97. The second-order valence-electron chi connectivity index (χ2n) is 4.54. The van der Waals surface area contributed by atoms with Crippen LogP contribution in [-0.2, 0) is 0 Å². The Morgan fingerprint density at radius 3 is 2.65 bits per heavy atom. The van der Waals surface area contributed by atoms with Crippen LogP contribution in [0.5, 0.6) is 5.75 Å². The lowest BCUT2D eigenvalue weighted by Gasteiger charge is -2.20. The normalized spacial score (nSPS) is 14.4. The Hall–Kier alpha value is -1.09. The molecule has 96 valence electrons. The van der Waals surface area contributed by atoms with Crippen LogP contribution in [0.4, 0.5) is 4.39 Å². The molecule has 0 saturated heterocycles. The zero-order chi connectivity index (χ0) is 12.8. The Kier molecular flexibility index (Phi) is 5.42. The number of benzene rings is 1. The number of ether oxygens (including phenoxy) is 1. The van der Waals surface area contributed by atoms with Crippen LogP contribution in [0.15, 0.2) is 18.2 Å². The van der Waals surface area contributed by atoms with Gasteiger partial charge in [-0.25, -0.2) is 4.39 Å². The Morgan fingerprint density at radius 1 is 1.41 bits per heavy atom. The Bertz CT molecular complexity index is 354. The molecule has 2 unspecified atom stereocenters. The lowest BCUT2D eigenvalue weighted by atomic mass is 9.91. The van der Waals surface area contributed by atoms with Gasteiger partial charge in [-0.2, -0.15) is 0 Å². The van der Waals surface area contributed by atoms with Gasteiger partial charge in [0.2, 0.25) is 0 Å². The van der Waals surface area contributed by atoms with Crippen molar-refractivity contribution in [3.8, 4) is 5.75 Å².